The maximum absolute atomic E-state index is 12.9. The summed E-state index contributed by atoms with van der Waals surface area (Å²) in [6.07, 6.45) is 4.49. The summed E-state index contributed by atoms with van der Waals surface area (Å²) in [5.74, 6) is -0.778. The number of carbonyl (C=O) groups is 1. The van der Waals surface area contributed by atoms with Crippen LogP contribution in [0.5, 0.6) is 0 Å². The molecule has 1 aromatic rings. The molecule has 1 fully saturated rings. The van der Waals surface area contributed by atoms with Gasteiger partial charge in [-0.2, -0.15) is 0 Å². The van der Waals surface area contributed by atoms with Crippen molar-refractivity contribution in [3.05, 3.63) is 35.6 Å². The molecule has 1 aromatic carbocycles. The first kappa shape index (κ1) is 14.0. The lowest BCUT2D eigenvalue weighted by Gasteiger charge is -2.32. The Labute approximate surface area is 112 Å². The zero-order chi connectivity index (χ0) is 13.8. The summed E-state index contributed by atoms with van der Waals surface area (Å²) in [5, 5.41) is 12.6. The van der Waals surface area contributed by atoms with E-state index in [0.717, 1.165) is 19.3 Å². The van der Waals surface area contributed by atoms with Gasteiger partial charge in [0.15, 0.2) is 0 Å². The number of rotatable bonds is 4. The second kappa shape index (κ2) is 6.15. The van der Waals surface area contributed by atoms with Crippen LogP contribution in [0.4, 0.5) is 4.39 Å². The Hall–Kier alpha value is -1.42. The minimum atomic E-state index is -0.913. The van der Waals surface area contributed by atoms with Gasteiger partial charge in [0.2, 0.25) is 0 Å². The van der Waals surface area contributed by atoms with Crippen LogP contribution in [0.25, 0.3) is 0 Å². The van der Waals surface area contributed by atoms with Crippen molar-refractivity contribution in [1.82, 2.24) is 5.32 Å². The van der Waals surface area contributed by atoms with E-state index in [4.69, 9.17) is 0 Å². The molecule has 2 rings (SSSR count). The molecule has 0 spiro atoms. The van der Waals surface area contributed by atoms with Gasteiger partial charge in [-0.05, 0) is 36.5 Å². The quantitative estimate of drug-likeness (QED) is 0.879. The van der Waals surface area contributed by atoms with E-state index in [1.165, 1.54) is 30.7 Å². The van der Waals surface area contributed by atoms with E-state index >= 15 is 0 Å². The highest BCUT2D eigenvalue weighted by Gasteiger charge is 2.28. The summed E-state index contributed by atoms with van der Waals surface area (Å²) in [6, 6.07) is 5.14. The number of hydrogen-bond donors (Lipinski definition) is 2. The van der Waals surface area contributed by atoms with Crippen LogP contribution < -0.4 is 5.32 Å². The molecule has 1 saturated carbocycles. The predicted molar refractivity (Wildman–Crippen MR) is 71.3 cm³/mol. The number of carboxylic acid groups (broad SMARTS) is 1. The van der Waals surface area contributed by atoms with Gasteiger partial charge in [-0.15, -0.1) is 0 Å². The maximum Gasteiger partial charge on any atom is 0.325 e. The van der Waals surface area contributed by atoms with Gasteiger partial charge in [0.05, 0.1) is 0 Å². The molecular weight excluding hydrogens is 245 g/mol. The molecule has 0 radical (unpaired) electrons. The van der Waals surface area contributed by atoms with Crippen molar-refractivity contribution in [2.24, 2.45) is 5.92 Å². The van der Waals surface area contributed by atoms with Gasteiger partial charge in [0.1, 0.15) is 11.9 Å². The lowest BCUT2D eigenvalue weighted by molar-refractivity contribution is -0.140. The standard InChI is InChI=1S/C15H20FNO2/c1-10-4-2-3-5-13(10)17-14(15(18)19)11-6-8-12(16)9-7-11/h6-10,13-14,17H,2-5H2,1H3,(H,18,19). The lowest BCUT2D eigenvalue weighted by Crippen LogP contribution is -2.42. The van der Waals surface area contributed by atoms with E-state index in [1.807, 2.05) is 0 Å². The summed E-state index contributed by atoms with van der Waals surface area (Å²) < 4.78 is 12.9. The first-order valence-corrected chi connectivity index (χ1v) is 6.82. The van der Waals surface area contributed by atoms with Crippen LogP contribution in [0.3, 0.4) is 0 Å². The number of halogens is 1. The highest BCUT2D eigenvalue weighted by molar-refractivity contribution is 5.75. The molecule has 0 saturated heterocycles. The average molecular weight is 265 g/mol. The van der Waals surface area contributed by atoms with Gasteiger partial charge in [0.25, 0.3) is 0 Å². The van der Waals surface area contributed by atoms with Gasteiger partial charge >= 0.3 is 5.97 Å². The number of benzene rings is 1. The monoisotopic (exact) mass is 265 g/mol. The van der Waals surface area contributed by atoms with Crippen molar-refractivity contribution in [2.75, 3.05) is 0 Å². The Morgan fingerprint density at radius 3 is 2.53 bits per heavy atom. The Morgan fingerprint density at radius 1 is 1.32 bits per heavy atom. The zero-order valence-electron chi connectivity index (χ0n) is 11.1. The fourth-order valence-corrected chi connectivity index (χ4v) is 2.74. The molecule has 3 atom stereocenters. The predicted octanol–water partition coefficient (Wildman–Crippen LogP) is 3.12. The molecule has 0 heterocycles. The fraction of sp³-hybridized carbons (Fsp3) is 0.533. The third-order valence-corrected chi connectivity index (χ3v) is 3.94. The second-order valence-electron chi connectivity index (χ2n) is 5.36. The van der Waals surface area contributed by atoms with Crippen LogP contribution in [0, 0.1) is 11.7 Å². The number of hydrogen-bond acceptors (Lipinski definition) is 2. The summed E-state index contributed by atoms with van der Waals surface area (Å²) in [6.45, 7) is 2.15. The van der Waals surface area contributed by atoms with Crippen LogP contribution in [-0.2, 0) is 4.79 Å². The minimum absolute atomic E-state index is 0.222. The van der Waals surface area contributed by atoms with E-state index in [1.54, 1.807) is 0 Å². The number of aliphatic carboxylic acids is 1. The van der Waals surface area contributed by atoms with Gasteiger partial charge in [-0.1, -0.05) is 31.9 Å². The summed E-state index contributed by atoms with van der Waals surface area (Å²) in [4.78, 5) is 11.4. The summed E-state index contributed by atoms with van der Waals surface area (Å²) in [5.41, 5.74) is 0.603. The molecule has 1 aliphatic carbocycles. The molecule has 3 unspecified atom stereocenters. The fourth-order valence-electron chi connectivity index (χ4n) is 2.74. The van der Waals surface area contributed by atoms with Crippen LogP contribution >= 0.6 is 0 Å². The summed E-state index contributed by atoms with van der Waals surface area (Å²) >= 11 is 0. The van der Waals surface area contributed by atoms with E-state index in [2.05, 4.69) is 12.2 Å². The van der Waals surface area contributed by atoms with Crippen molar-refractivity contribution in [2.45, 2.75) is 44.7 Å². The Bertz CT molecular complexity index is 432. The second-order valence-corrected chi connectivity index (χ2v) is 5.36. The van der Waals surface area contributed by atoms with E-state index in [0.29, 0.717) is 11.5 Å². The highest BCUT2D eigenvalue weighted by atomic mass is 19.1. The zero-order valence-corrected chi connectivity index (χ0v) is 11.1. The largest absolute Gasteiger partial charge is 0.480 e. The molecule has 104 valence electrons. The van der Waals surface area contributed by atoms with E-state index in [-0.39, 0.29) is 11.9 Å². The molecule has 0 amide bonds. The van der Waals surface area contributed by atoms with Crippen LogP contribution in [0.2, 0.25) is 0 Å². The van der Waals surface area contributed by atoms with E-state index < -0.39 is 12.0 Å². The minimum Gasteiger partial charge on any atom is -0.480 e. The van der Waals surface area contributed by atoms with Crippen LogP contribution in [0.15, 0.2) is 24.3 Å². The first-order chi connectivity index (χ1) is 9.08. The topological polar surface area (TPSA) is 49.3 Å². The lowest BCUT2D eigenvalue weighted by atomic mass is 9.85. The SMILES string of the molecule is CC1CCCCC1NC(C(=O)O)c1ccc(F)cc1. The third-order valence-electron chi connectivity index (χ3n) is 3.94. The van der Waals surface area contributed by atoms with Crippen molar-refractivity contribution >= 4 is 5.97 Å². The molecule has 1 aliphatic rings. The van der Waals surface area contributed by atoms with Gasteiger partial charge in [0, 0.05) is 6.04 Å². The molecular formula is C15H20FNO2. The first-order valence-electron chi connectivity index (χ1n) is 6.82. The highest BCUT2D eigenvalue weighted by Crippen LogP contribution is 2.26. The third kappa shape index (κ3) is 3.53. The van der Waals surface area contributed by atoms with Gasteiger partial charge < -0.3 is 5.11 Å². The van der Waals surface area contributed by atoms with Crippen molar-refractivity contribution in [1.29, 1.82) is 0 Å². The molecule has 2 N–H and O–H groups in total. The van der Waals surface area contributed by atoms with Crippen molar-refractivity contribution in [3.8, 4) is 0 Å². The number of carboxylic acids is 1. The van der Waals surface area contributed by atoms with Crippen molar-refractivity contribution in [3.63, 3.8) is 0 Å². The van der Waals surface area contributed by atoms with Gasteiger partial charge in [-0.25, -0.2) is 4.39 Å². The van der Waals surface area contributed by atoms with E-state index in [9.17, 15) is 14.3 Å². The molecule has 3 nitrogen and oxygen atoms in total. The normalized spacial score (nSPS) is 24.9. The van der Waals surface area contributed by atoms with Crippen LogP contribution in [-0.4, -0.2) is 17.1 Å². The molecule has 0 bridgehead atoms. The molecule has 4 heteroatoms. The number of nitrogens with one attached hydrogen (secondary N) is 1. The maximum atomic E-state index is 12.9. The Morgan fingerprint density at radius 2 is 1.95 bits per heavy atom. The summed E-state index contributed by atoms with van der Waals surface area (Å²) in [7, 11) is 0. The van der Waals surface area contributed by atoms with Crippen LogP contribution in [0.1, 0.15) is 44.2 Å². The smallest absolute Gasteiger partial charge is 0.325 e. The molecule has 0 aromatic heterocycles. The molecule has 19 heavy (non-hydrogen) atoms. The molecule has 0 aliphatic heterocycles. The van der Waals surface area contributed by atoms with Gasteiger partial charge in [-0.3, -0.25) is 10.1 Å². The average Bonchev–Trinajstić information content (AvgIpc) is 2.39. The van der Waals surface area contributed by atoms with Crippen molar-refractivity contribution < 1.29 is 14.3 Å². The Kier molecular flexibility index (Phi) is 4.53. The Balaban J connectivity index is 2.11.